The zero-order valence-electron chi connectivity index (χ0n) is 13.5. The van der Waals surface area contributed by atoms with Crippen molar-refractivity contribution >= 4 is 28.5 Å². The van der Waals surface area contributed by atoms with E-state index in [1.165, 1.54) is 11.3 Å². The second-order valence-corrected chi connectivity index (χ2v) is 6.77. The van der Waals surface area contributed by atoms with Crippen molar-refractivity contribution in [3.8, 4) is 0 Å². The zero-order chi connectivity index (χ0) is 17.3. The molecule has 0 aliphatic heterocycles. The molecule has 0 aliphatic carbocycles. The maximum absolute atomic E-state index is 11.8. The van der Waals surface area contributed by atoms with E-state index in [9.17, 15) is 14.5 Å². The smallest absolute Gasteiger partial charge is 0.407 e. The highest BCUT2D eigenvalue weighted by molar-refractivity contribution is 7.13. The molecule has 1 aromatic heterocycles. The molecule has 9 heteroatoms. The van der Waals surface area contributed by atoms with E-state index < -0.39 is 23.6 Å². The highest BCUT2D eigenvalue weighted by Gasteiger charge is 2.20. The Kier molecular flexibility index (Phi) is 7.60. The molecule has 0 saturated carbocycles. The molecule has 0 aliphatic rings. The molecule has 8 nitrogen and oxygen atoms in total. The van der Waals surface area contributed by atoms with Crippen LogP contribution < -0.4 is 10.6 Å². The molecule has 0 aromatic carbocycles. The Morgan fingerprint density at radius 2 is 2.13 bits per heavy atom. The number of carbonyl (C=O) groups is 2. The number of thiazole rings is 1. The number of nitroso groups, excluding NO2 is 1. The van der Waals surface area contributed by atoms with Gasteiger partial charge in [-0.05, 0) is 40.0 Å². The van der Waals surface area contributed by atoms with Gasteiger partial charge in [-0.3, -0.25) is 10.1 Å². The van der Waals surface area contributed by atoms with Gasteiger partial charge in [0.1, 0.15) is 5.60 Å². The van der Waals surface area contributed by atoms with Crippen LogP contribution in [0.5, 0.6) is 0 Å². The van der Waals surface area contributed by atoms with E-state index in [2.05, 4.69) is 20.8 Å². The van der Waals surface area contributed by atoms with E-state index in [1.807, 2.05) is 0 Å². The van der Waals surface area contributed by atoms with Gasteiger partial charge >= 0.3 is 6.09 Å². The van der Waals surface area contributed by atoms with Crippen LogP contribution in [-0.2, 0) is 9.53 Å². The van der Waals surface area contributed by atoms with Gasteiger partial charge in [-0.2, -0.15) is 0 Å². The Morgan fingerprint density at radius 3 is 2.70 bits per heavy atom. The molecule has 1 rings (SSSR count). The van der Waals surface area contributed by atoms with Gasteiger partial charge < -0.3 is 10.1 Å². The Morgan fingerprint density at radius 1 is 1.39 bits per heavy atom. The van der Waals surface area contributed by atoms with Crippen molar-refractivity contribution in [1.29, 1.82) is 0 Å². The van der Waals surface area contributed by atoms with Gasteiger partial charge in [0.2, 0.25) is 0 Å². The molecular formula is C14H22N4O4S. The van der Waals surface area contributed by atoms with Gasteiger partial charge in [0.15, 0.2) is 11.2 Å². The highest BCUT2D eigenvalue weighted by Crippen LogP contribution is 2.13. The van der Waals surface area contributed by atoms with Crippen LogP contribution in [0.1, 0.15) is 40.0 Å². The number of nitrogens with one attached hydrogen (secondary N) is 2. The van der Waals surface area contributed by atoms with Gasteiger partial charge in [0, 0.05) is 18.1 Å². The number of carbonyl (C=O) groups excluding carboxylic acids is 2. The van der Waals surface area contributed by atoms with E-state index in [0.29, 0.717) is 30.9 Å². The number of ether oxygens (including phenoxy) is 1. The second kappa shape index (κ2) is 9.19. The quantitative estimate of drug-likeness (QED) is 0.557. The maximum atomic E-state index is 11.8. The lowest BCUT2D eigenvalue weighted by Crippen LogP contribution is -2.33. The summed E-state index contributed by atoms with van der Waals surface area (Å²) in [6, 6.07) is -0.958. The highest BCUT2D eigenvalue weighted by atomic mass is 32.1. The van der Waals surface area contributed by atoms with E-state index >= 15 is 0 Å². The standard InChI is InChI=1S/C14H22N4O4S/c1-14(2,3)22-13(20)16-7-5-4-6-10(18-21)11(19)17-12-15-8-9-23-12/h8-10H,4-7H2,1-3H3,(H,16,20)(H,15,17,19). The average molecular weight is 342 g/mol. The monoisotopic (exact) mass is 342 g/mol. The van der Waals surface area contributed by atoms with Crippen molar-refractivity contribution < 1.29 is 14.3 Å². The first-order chi connectivity index (χ1) is 10.8. The topological polar surface area (TPSA) is 110 Å². The summed E-state index contributed by atoms with van der Waals surface area (Å²) in [6.07, 6.45) is 2.60. The van der Waals surface area contributed by atoms with Gasteiger partial charge in [0.25, 0.3) is 5.91 Å². The molecule has 1 aromatic rings. The predicted molar refractivity (Wildman–Crippen MR) is 88.4 cm³/mol. The average Bonchev–Trinajstić information content (AvgIpc) is 2.93. The predicted octanol–water partition coefficient (Wildman–Crippen LogP) is 2.91. The number of hydrogen-bond acceptors (Lipinski definition) is 7. The molecule has 2 amide bonds. The van der Waals surface area contributed by atoms with Crippen LogP contribution in [0, 0.1) is 4.91 Å². The maximum Gasteiger partial charge on any atom is 0.407 e. The summed E-state index contributed by atoms with van der Waals surface area (Å²) < 4.78 is 5.10. The van der Waals surface area contributed by atoms with Crippen molar-refractivity contribution in [1.82, 2.24) is 10.3 Å². The second-order valence-electron chi connectivity index (χ2n) is 5.87. The molecule has 23 heavy (non-hydrogen) atoms. The van der Waals surface area contributed by atoms with Crippen LogP contribution in [0.25, 0.3) is 0 Å². The molecule has 0 fully saturated rings. The fraction of sp³-hybridized carbons (Fsp3) is 0.643. The van der Waals surface area contributed by atoms with E-state index in [1.54, 1.807) is 32.3 Å². The first kappa shape index (κ1) is 19.0. The molecule has 1 unspecified atom stereocenters. The summed E-state index contributed by atoms with van der Waals surface area (Å²) in [6.45, 7) is 5.77. The van der Waals surface area contributed by atoms with Crippen LogP contribution in [0.2, 0.25) is 0 Å². The van der Waals surface area contributed by atoms with Gasteiger partial charge in [-0.1, -0.05) is 5.18 Å². The van der Waals surface area contributed by atoms with E-state index in [-0.39, 0.29) is 0 Å². The Balaban J connectivity index is 2.21. The van der Waals surface area contributed by atoms with Crippen molar-refractivity contribution in [2.45, 2.75) is 51.7 Å². The number of amides is 2. The normalized spacial score (nSPS) is 12.3. The lowest BCUT2D eigenvalue weighted by atomic mass is 10.1. The summed E-state index contributed by atoms with van der Waals surface area (Å²) in [7, 11) is 0. The van der Waals surface area contributed by atoms with Crippen LogP contribution >= 0.6 is 11.3 Å². The summed E-state index contributed by atoms with van der Waals surface area (Å²) in [4.78, 5) is 38.0. The Hall–Kier alpha value is -2.03. The van der Waals surface area contributed by atoms with Crippen LogP contribution in [0.3, 0.4) is 0 Å². The number of alkyl carbamates (subject to hydrolysis) is 1. The largest absolute Gasteiger partial charge is 0.444 e. The number of unbranched alkanes of at least 4 members (excludes halogenated alkanes) is 1. The number of rotatable bonds is 8. The minimum Gasteiger partial charge on any atom is -0.444 e. The summed E-state index contributed by atoms with van der Waals surface area (Å²) in [5.41, 5.74) is -0.537. The van der Waals surface area contributed by atoms with Gasteiger partial charge in [-0.25, -0.2) is 9.78 Å². The first-order valence-electron chi connectivity index (χ1n) is 7.31. The number of hydrogen-bond donors (Lipinski definition) is 2. The van der Waals surface area contributed by atoms with Crippen LogP contribution in [0.15, 0.2) is 16.8 Å². The Bertz CT molecular complexity index is 513. The third-order valence-corrected chi connectivity index (χ3v) is 3.35. The SMILES string of the molecule is CC(C)(C)OC(=O)NCCCCC(N=O)C(=O)Nc1nccs1. The molecule has 128 valence electrons. The molecule has 0 spiro atoms. The molecule has 1 heterocycles. The third kappa shape index (κ3) is 8.24. The molecule has 1 atom stereocenters. The van der Waals surface area contributed by atoms with Crippen molar-refractivity contribution in [3.05, 3.63) is 16.5 Å². The summed E-state index contributed by atoms with van der Waals surface area (Å²) in [5.74, 6) is -0.463. The summed E-state index contributed by atoms with van der Waals surface area (Å²) in [5, 5.41) is 10.2. The molecule has 2 N–H and O–H groups in total. The minimum absolute atomic E-state index is 0.316. The van der Waals surface area contributed by atoms with Crippen molar-refractivity contribution in [2.24, 2.45) is 5.18 Å². The summed E-state index contributed by atoms with van der Waals surface area (Å²) >= 11 is 1.27. The molecule has 0 saturated heterocycles. The van der Waals surface area contributed by atoms with E-state index in [4.69, 9.17) is 4.74 Å². The minimum atomic E-state index is -0.958. The molecule has 0 bridgehead atoms. The van der Waals surface area contributed by atoms with Gasteiger partial charge in [0.05, 0.1) is 0 Å². The van der Waals surface area contributed by atoms with E-state index in [0.717, 1.165) is 0 Å². The zero-order valence-corrected chi connectivity index (χ0v) is 14.3. The van der Waals surface area contributed by atoms with Crippen molar-refractivity contribution in [2.75, 3.05) is 11.9 Å². The lowest BCUT2D eigenvalue weighted by Gasteiger charge is -2.19. The fourth-order valence-electron chi connectivity index (χ4n) is 1.67. The number of nitrogens with zero attached hydrogens (tertiary/aromatic N) is 2. The van der Waals surface area contributed by atoms with Crippen molar-refractivity contribution in [3.63, 3.8) is 0 Å². The molecule has 0 radical (unpaired) electrons. The van der Waals surface area contributed by atoms with Gasteiger partial charge in [-0.15, -0.1) is 16.2 Å². The first-order valence-corrected chi connectivity index (χ1v) is 8.19. The number of anilines is 1. The number of aromatic nitrogens is 1. The van der Waals surface area contributed by atoms with Crippen LogP contribution in [-0.4, -0.2) is 35.2 Å². The lowest BCUT2D eigenvalue weighted by molar-refractivity contribution is -0.117. The Labute approximate surface area is 139 Å². The third-order valence-electron chi connectivity index (χ3n) is 2.66. The van der Waals surface area contributed by atoms with Crippen LogP contribution in [0.4, 0.5) is 9.93 Å². The molecular weight excluding hydrogens is 320 g/mol. The fourth-order valence-corrected chi connectivity index (χ4v) is 2.20.